The molecule has 0 N–H and O–H groups in total. The third-order valence-corrected chi connectivity index (χ3v) is 2.68. The number of nitrogens with zero attached hydrogens (tertiary/aromatic N) is 1. The zero-order valence-electron chi connectivity index (χ0n) is 9.78. The Morgan fingerprint density at radius 1 is 1.35 bits per heavy atom. The minimum Gasteiger partial charge on any atom is -0.493 e. The van der Waals surface area contributed by atoms with Gasteiger partial charge < -0.3 is 9.47 Å². The summed E-state index contributed by atoms with van der Waals surface area (Å²) in [6, 6.07) is 5.00. The second-order valence-electron chi connectivity index (χ2n) is 3.40. The quantitative estimate of drug-likeness (QED) is 0.827. The van der Waals surface area contributed by atoms with Crippen LogP contribution >= 0.6 is 11.6 Å². The molecule has 0 spiro atoms. The van der Waals surface area contributed by atoms with Crippen molar-refractivity contribution >= 4 is 17.4 Å². The average Bonchev–Trinajstić information content (AvgIpc) is 2.31. The van der Waals surface area contributed by atoms with Gasteiger partial charge in [-0.05, 0) is 18.6 Å². The largest absolute Gasteiger partial charge is 0.493 e. The average molecular weight is 254 g/mol. The fourth-order valence-corrected chi connectivity index (χ4v) is 1.73. The molecule has 0 aliphatic heterocycles. The summed E-state index contributed by atoms with van der Waals surface area (Å²) in [5.74, 6) is -0.251. The van der Waals surface area contributed by atoms with E-state index in [0.717, 1.165) is 0 Å². The maximum atomic E-state index is 11.3. The van der Waals surface area contributed by atoms with Crippen LogP contribution in [-0.4, -0.2) is 20.0 Å². The fourth-order valence-electron chi connectivity index (χ4n) is 1.47. The summed E-state index contributed by atoms with van der Waals surface area (Å²) in [5, 5.41) is 9.27. The highest BCUT2D eigenvalue weighted by atomic mass is 35.5. The van der Waals surface area contributed by atoms with Crippen molar-refractivity contribution in [1.29, 1.82) is 5.26 Å². The minimum atomic E-state index is -0.887. The minimum absolute atomic E-state index is 0.262. The van der Waals surface area contributed by atoms with Gasteiger partial charge >= 0.3 is 0 Å². The Morgan fingerprint density at radius 3 is 2.29 bits per heavy atom. The van der Waals surface area contributed by atoms with E-state index in [1.165, 1.54) is 27.2 Å². The van der Waals surface area contributed by atoms with E-state index in [1.807, 2.05) is 6.07 Å². The van der Waals surface area contributed by atoms with Crippen molar-refractivity contribution in [3.8, 4) is 17.6 Å². The summed E-state index contributed by atoms with van der Waals surface area (Å²) in [6.07, 6.45) is 0. The number of ether oxygens (including phenoxy) is 2. The number of rotatable bonds is 4. The van der Waals surface area contributed by atoms with Crippen LogP contribution in [0.4, 0.5) is 0 Å². The van der Waals surface area contributed by atoms with Crippen molar-refractivity contribution < 1.29 is 14.3 Å². The normalized spacial score (nSPS) is 11.5. The number of hydrogen-bond donors (Lipinski definition) is 0. The highest BCUT2D eigenvalue weighted by Crippen LogP contribution is 2.36. The van der Waals surface area contributed by atoms with E-state index in [4.69, 9.17) is 26.3 Å². The van der Waals surface area contributed by atoms with E-state index in [2.05, 4.69) is 0 Å². The van der Waals surface area contributed by atoms with Crippen LogP contribution in [-0.2, 0) is 4.79 Å². The van der Waals surface area contributed by atoms with Gasteiger partial charge in [-0.15, -0.1) is 0 Å². The molecule has 1 aromatic carbocycles. The summed E-state index contributed by atoms with van der Waals surface area (Å²) < 4.78 is 10.2. The van der Waals surface area contributed by atoms with Gasteiger partial charge in [0.2, 0.25) is 0 Å². The molecule has 0 heterocycles. The van der Waals surface area contributed by atoms with Crippen molar-refractivity contribution in [2.75, 3.05) is 14.2 Å². The second kappa shape index (κ2) is 5.55. The molecular formula is C12H12ClNO3. The molecule has 1 unspecified atom stereocenters. The van der Waals surface area contributed by atoms with Gasteiger partial charge in [-0.3, -0.25) is 4.79 Å². The molecular weight excluding hydrogens is 242 g/mol. The third kappa shape index (κ3) is 2.69. The number of nitriles is 1. The van der Waals surface area contributed by atoms with Crippen LogP contribution in [0.5, 0.6) is 11.5 Å². The predicted octanol–water partition coefficient (Wildman–Crippen LogP) is 2.55. The van der Waals surface area contributed by atoms with Gasteiger partial charge in [-0.2, -0.15) is 5.26 Å². The molecule has 1 rings (SSSR count). The summed E-state index contributed by atoms with van der Waals surface area (Å²) in [5.41, 5.74) is 0.430. The zero-order valence-corrected chi connectivity index (χ0v) is 10.5. The Morgan fingerprint density at radius 2 is 1.88 bits per heavy atom. The Bertz CT molecular complexity index is 479. The molecule has 1 aromatic rings. The van der Waals surface area contributed by atoms with Crippen LogP contribution in [0.3, 0.4) is 0 Å². The number of ketones is 1. The number of methoxy groups -OCH3 is 2. The lowest BCUT2D eigenvalue weighted by molar-refractivity contribution is -0.117. The van der Waals surface area contributed by atoms with Crippen molar-refractivity contribution in [1.82, 2.24) is 0 Å². The van der Waals surface area contributed by atoms with E-state index >= 15 is 0 Å². The van der Waals surface area contributed by atoms with Gasteiger partial charge in [0.1, 0.15) is 5.92 Å². The van der Waals surface area contributed by atoms with Crippen LogP contribution in [0.1, 0.15) is 18.4 Å². The molecule has 0 saturated heterocycles. The van der Waals surface area contributed by atoms with Crippen LogP contribution in [0.2, 0.25) is 5.02 Å². The molecule has 1 atom stereocenters. The molecule has 0 bridgehead atoms. The van der Waals surface area contributed by atoms with Gasteiger partial charge in [-0.1, -0.05) is 11.6 Å². The van der Waals surface area contributed by atoms with Gasteiger partial charge in [0, 0.05) is 11.1 Å². The molecule has 0 radical (unpaired) electrons. The van der Waals surface area contributed by atoms with E-state index in [1.54, 1.807) is 6.07 Å². The predicted molar refractivity (Wildman–Crippen MR) is 63.6 cm³/mol. The molecule has 4 nitrogen and oxygen atoms in total. The molecule has 17 heavy (non-hydrogen) atoms. The first-order chi connectivity index (χ1) is 8.04. The molecule has 0 saturated carbocycles. The Hall–Kier alpha value is -1.73. The lowest BCUT2D eigenvalue weighted by Crippen LogP contribution is -2.07. The zero-order chi connectivity index (χ0) is 13.0. The molecule has 0 fully saturated rings. The first kappa shape index (κ1) is 13.3. The number of hydrogen-bond acceptors (Lipinski definition) is 4. The summed E-state index contributed by atoms with van der Waals surface area (Å²) >= 11 is 6.02. The van der Waals surface area contributed by atoms with Crippen molar-refractivity contribution in [3.05, 3.63) is 22.7 Å². The van der Waals surface area contributed by atoms with E-state index in [-0.39, 0.29) is 5.78 Å². The number of benzene rings is 1. The first-order valence-corrected chi connectivity index (χ1v) is 5.24. The SMILES string of the molecule is COc1cc(Cl)c(C(C#N)C(C)=O)cc1OC. The fraction of sp³-hybridized carbons (Fsp3) is 0.333. The molecule has 5 heteroatoms. The number of carbonyl (C=O) groups is 1. The lowest BCUT2D eigenvalue weighted by atomic mass is 9.96. The summed E-state index contributed by atoms with van der Waals surface area (Å²) in [7, 11) is 2.96. The van der Waals surface area contributed by atoms with Crippen molar-refractivity contribution in [2.24, 2.45) is 0 Å². The molecule has 0 aromatic heterocycles. The van der Waals surface area contributed by atoms with Gasteiger partial charge in [-0.25, -0.2) is 0 Å². The van der Waals surface area contributed by atoms with E-state index < -0.39 is 5.92 Å². The lowest BCUT2D eigenvalue weighted by Gasteiger charge is -2.13. The Balaban J connectivity index is 3.35. The van der Waals surface area contributed by atoms with Crippen LogP contribution in [0.15, 0.2) is 12.1 Å². The van der Waals surface area contributed by atoms with Crippen molar-refractivity contribution in [2.45, 2.75) is 12.8 Å². The topological polar surface area (TPSA) is 59.3 Å². The highest BCUT2D eigenvalue weighted by molar-refractivity contribution is 6.32. The Labute approximate surface area is 105 Å². The van der Waals surface area contributed by atoms with E-state index in [0.29, 0.717) is 22.1 Å². The number of carbonyl (C=O) groups excluding carboxylic acids is 1. The maximum Gasteiger partial charge on any atom is 0.162 e. The van der Waals surface area contributed by atoms with Gasteiger partial charge in [0.25, 0.3) is 0 Å². The molecule has 0 aliphatic carbocycles. The standard InChI is InChI=1S/C12H12ClNO3/c1-7(15)9(6-14)8-4-11(16-2)12(17-3)5-10(8)13/h4-5,9H,1-3H3. The molecule has 0 amide bonds. The summed E-state index contributed by atoms with van der Waals surface area (Å²) in [4.78, 5) is 11.3. The summed E-state index contributed by atoms with van der Waals surface area (Å²) in [6.45, 7) is 1.35. The second-order valence-corrected chi connectivity index (χ2v) is 3.81. The number of Topliss-reactive ketones (excluding diaryl/α,β-unsaturated/α-hetero) is 1. The highest BCUT2D eigenvalue weighted by Gasteiger charge is 2.21. The van der Waals surface area contributed by atoms with Crippen LogP contribution < -0.4 is 9.47 Å². The molecule has 0 aliphatic rings. The Kier molecular flexibility index (Phi) is 4.36. The first-order valence-electron chi connectivity index (χ1n) is 4.86. The smallest absolute Gasteiger partial charge is 0.162 e. The van der Waals surface area contributed by atoms with Crippen molar-refractivity contribution in [3.63, 3.8) is 0 Å². The molecule has 90 valence electrons. The van der Waals surface area contributed by atoms with Gasteiger partial charge in [0.05, 0.1) is 20.3 Å². The third-order valence-electron chi connectivity index (χ3n) is 2.35. The van der Waals surface area contributed by atoms with E-state index in [9.17, 15) is 4.79 Å². The maximum absolute atomic E-state index is 11.3. The van der Waals surface area contributed by atoms with Gasteiger partial charge in [0.15, 0.2) is 17.3 Å². The van der Waals surface area contributed by atoms with Crippen LogP contribution in [0.25, 0.3) is 0 Å². The monoisotopic (exact) mass is 253 g/mol. The van der Waals surface area contributed by atoms with Crippen LogP contribution in [0, 0.1) is 11.3 Å². The number of halogens is 1.